The van der Waals surface area contributed by atoms with Gasteiger partial charge in [-0.1, -0.05) is 48.2 Å². The molecule has 1 amide bonds. The van der Waals surface area contributed by atoms with Gasteiger partial charge in [-0.05, 0) is 53.9 Å². The minimum absolute atomic E-state index is 0.120. The van der Waals surface area contributed by atoms with Crippen LogP contribution in [0.25, 0.3) is 17.0 Å². The Morgan fingerprint density at radius 1 is 1.06 bits per heavy atom. The summed E-state index contributed by atoms with van der Waals surface area (Å²) in [6, 6.07) is 17.3. The summed E-state index contributed by atoms with van der Waals surface area (Å²) in [4.78, 5) is 17.4. The second kappa shape index (κ2) is 8.49. The minimum Gasteiger partial charge on any atom is -0.369 e. The highest BCUT2D eigenvalue weighted by Crippen LogP contribution is 2.27. The van der Waals surface area contributed by atoms with Crippen LogP contribution in [0.15, 0.2) is 59.6 Å². The van der Waals surface area contributed by atoms with Gasteiger partial charge in [0.05, 0.1) is 4.91 Å². The average Bonchev–Trinajstić information content (AvgIpc) is 3.31. The molecule has 0 atom stereocenters. The summed E-state index contributed by atoms with van der Waals surface area (Å²) in [6.07, 6.45) is 4.03. The molecule has 0 radical (unpaired) electrons. The molecule has 5 rings (SSSR count). The molecular formula is C24H24N4OS2. The summed E-state index contributed by atoms with van der Waals surface area (Å²) in [5, 5.41) is 3.86. The van der Waals surface area contributed by atoms with E-state index in [1.54, 1.807) is 0 Å². The molecule has 2 aliphatic heterocycles. The van der Waals surface area contributed by atoms with Crippen molar-refractivity contribution in [2.75, 3.05) is 38.1 Å². The van der Waals surface area contributed by atoms with Crippen LogP contribution in [0.2, 0.25) is 0 Å². The summed E-state index contributed by atoms with van der Waals surface area (Å²) in [7, 11) is 2.18. The molecule has 2 aliphatic rings. The lowest BCUT2D eigenvalue weighted by Gasteiger charge is -2.34. The Morgan fingerprint density at radius 2 is 1.84 bits per heavy atom. The zero-order chi connectivity index (χ0) is 21.4. The highest BCUT2D eigenvalue weighted by atomic mass is 32.2. The van der Waals surface area contributed by atoms with Gasteiger partial charge in [0.15, 0.2) is 0 Å². The summed E-state index contributed by atoms with van der Waals surface area (Å²) in [5.41, 5.74) is 4.73. The predicted molar refractivity (Wildman–Crippen MR) is 134 cm³/mol. The van der Waals surface area contributed by atoms with E-state index in [2.05, 4.69) is 75.4 Å². The minimum atomic E-state index is -0.120. The second-order valence-electron chi connectivity index (χ2n) is 8.07. The number of carbonyl (C=O) groups excluding carboxylic acids is 1. The molecule has 1 N–H and O–H groups in total. The molecule has 0 bridgehead atoms. The van der Waals surface area contributed by atoms with Crippen LogP contribution in [-0.4, -0.2) is 52.9 Å². The molecule has 0 spiro atoms. The smallest absolute Gasteiger partial charge is 0.263 e. The van der Waals surface area contributed by atoms with Crippen LogP contribution in [0.5, 0.6) is 0 Å². The first kappa shape index (κ1) is 20.3. The fourth-order valence-electron chi connectivity index (χ4n) is 4.07. The lowest BCUT2D eigenvalue weighted by Crippen LogP contribution is -2.44. The van der Waals surface area contributed by atoms with Crippen molar-refractivity contribution in [2.45, 2.75) is 6.54 Å². The monoisotopic (exact) mass is 448 g/mol. The molecule has 7 heteroatoms. The SMILES string of the molecule is CN1CCN(c2ccc(Cn3ccc4ccc(/C=C5\SC(=S)NC5=O)cc43)cc2)CC1. The van der Waals surface area contributed by atoms with Gasteiger partial charge in [0.1, 0.15) is 4.32 Å². The van der Waals surface area contributed by atoms with Crippen LogP contribution in [0.1, 0.15) is 11.1 Å². The second-order valence-corrected chi connectivity index (χ2v) is 9.79. The lowest BCUT2D eigenvalue weighted by atomic mass is 10.1. The van der Waals surface area contributed by atoms with Gasteiger partial charge in [0.2, 0.25) is 0 Å². The largest absolute Gasteiger partial charge is 0.369 e. The molecule has 0 unspecified atom stereocenters. The zero-order valence-corrected chi connectivity index (χ0v) is 19.0. The summed E-state index contributed by atoms with van der Waals surface area (Å²) >= 11 is 6.40. The molecule has 158 valence electrons. The van der Waals surface area contributed by atoms with Crippen LogP contribution in [0, 0.1) is 0 Å². The standard InChI is InChI=1S/C24H24N4OS2/c1-26-10-12-27(13-11-26)20-6-3-17(4-7-20)16-28-9-8-19-5-2-18(14-21(19)28)15-22-23(29)25-24(30)31-22/h2-9,14-15H,10-13,16H2,1H3,(H,25,29,30)/b22-15-. The van der Waals surface area contributed by atoms with Crippen LogP contribution in [-0.2, 0) is 11.3 Å². The Labute approximate surface area is 191 Å². The van der Waals surface area contributed by atoms with Crippen LogP contribution in [0.3, 0.4) is 0 Å². The molecule has 0 aliphatic carbocycles. The maximum Gasteiger partial charge on any atom is 0.263 e. The molecule has 5 nitrogen and oxygen atoms in total. The van der Waals surface area contributed by atoms with Crippen molar-refractivity contribution < 1.29 is 4.79 Å². The van der Waals surface area contributed by atoms with E-state index >= 15 is 0 Å². The molecule has 3 aromatic rings. The number of likely N-dealkylation sites (N-methyl/N-ethyl adjacent to an activating group) is 1. The van der Waals surface area contributed by atoms with E-state index in [0.29, 0.717) is 9.23 Å². The van der Waals surface area contributed by atoms with E-state index < -0.39 is 0 Å². The first-order valence-electron chi connectivity index (χ1n) is 10.4. The van der Waals surface area contributed by atoms with Gasteiger partial charge in [0, 0.05) is 50.1 Å². The number of hydrogen-bond donors (Lipinski definition) is 1. The number of anilines is 1. The van der Waals surface area contributed by atoms with Crippen LogP contribution < -0.4 is 10.2 Å². The highest BCUT2D eigenvalue weighted by molar-refractivity contribution is 8.26. The van der Waals surface area contributed by atoms with Crippen molar-refractivity contribution >= 4 is 56.9 Å². The first-order chi connectivity index (χ1) is 15.0. The number of fused-ring (bicyclic) bond motifs is 1. The fourth-order valence-corrected chi connectivity index (χ4v) is 5.12. The maximum atomic E-state index is 12.0. The Balaban J connectivity index is 1.35. The van der Waals surface area contributed by atoms with Gasteiger partial charge >= 0.3 is 0 Å². The van der Waals surface area contributed by atoms with Crippen LogP contribution >= 0.6 is 24.0 Å². The molecule has 2 saturated heterocycles. The predicted octanol–water partition coefficient (Wildman–Crippen LogP) is 3.93. The van der Waals surface area contributed by atoms with E-state index in [4.69, 9.17) is 12.2 Å². The van der Waals surface area contributed by atoms with Crippen molar-refractivity contribution in [3.63, 3.8) is 0 Å². The maximum absolute atomic E-state index is 12.0. The van der Waals surface area contributed by atoms with E-state index in [1.165, 1.54) is 28.4 Å². The summed E-state index contributed by atoms with van der Waals surface area (Å²) < 4.78 is 2.77. The highest BCUT2D eigenvalue weighted by Gasteiger charge is 2.22. The number of thiocarbonyl (C=S) groups is 1. The van der Waals surface area contributed by atoms with E-state index in [-0.39, 0.29) is 5.91 Å². The Hall–Kier alpha value is -2.61. The third-order valence-corrected chi connectivity index (χ3v) is 7.06. The molecule has 2 fully saturated rings. The van der Waals surface area contributed by atoms with Gasteiger partial charge in [-0.15, -0.1) is 0 Å². The normalized spacial score (nSPS) is 18.9. The Bertz CT molecular complexity index is 1170. The third kappa shape index (κ3) is 4.39. The topological polar surface area (TPSA) is 40.5 Å². The fraction of sp³-hybridized carbons (Fsp3) is 0.250. The Morgan fingerprint density at radius 3 is 2.55 bits per heavy atom. The lowest BCUT2D eigenvalue weighted by molar-refractivity contribution is -0.115. The summed E-state index contributed by atoms with van der Waals surface area (Å²) in [5.74, 6) is -0.120. The average molecular weight is 449 g/mol. The van der Waals surface area contributed by atoms with Gasteiger partial charge < -0.3 is 19.7 Å². The van der Waals surface area contributed by atoms with E-state index in [0.717, 1.165) is 43.8 Å². The van der Waals surface area contributed by atoms with Gasteiger partial charge in [-0.2, -0.15) is 0 Å². The van der Waals surface area contributed by atoms with Gasteiger partial charge in [0.25, 0.3) is 5.91 Å². The molecule has 0 saturated carbocycles. The van der Waals surface area contributed by atoms with E-state index in [1.807, 2.05) is 12.1 Å². The van der Waals surface area contributed by atoms with Crippen LogP contribution in [0.4, 0.5) is 5.69 Å². The summed E-state index contributed by atoms with van der Waals surface area (Å²) in [6.45, 7) is 5.20. The van der Waals surface area contributed by atoms with Crippen molar-refractivity contribution in [1.82, 2.24) is 14.8 Å². The number of aromatic nitrogens is 1. The number of nitrogens with one attached hydrogen (secondary N) is 1. The number of piperazine rings is 1. The molecular weight excluding hydrogens is 424 g/mol. The van der Waals surface area contributed by atoms with Crippen molar-refractivity contribution in [3.05, 3.63) is 70.8 Å². The number of nitrogens with zero attached hydrogens (tertiary/aromatic N) is 3. The number of amides is 1. The van der Waals surface area contributed by atoms with Gasteiger partial charge in [-0.3, -0.25) is 4.79 Å². The number of carbonyl (C=O) groups is 1. The number of hydrogen-bond acceptors (Lipinski definition) is 5. The zero-order valence-electron chi connectivity index (χ0n) is 17.4. The van der Waals surface area contributed by atoms with Crippen molar-refractivity contribution in [2.24, 2.45) is 0 Å². The third-order valence-electron chi connectivity index (χ3n) is 5.90. The molecule has 31 heavy (non-hydrogen) atoms. The number of rotatable bonds is 4. The molecule has 2 aromatic carbocycles. The van der Waals surface area contributed by atoms with Crippen molar-refractivity contribution in [3.8, 4) is 0 Å². The molecule has 1 aromatic heterocycles. The Kier molecular flexibility index (Phi) is 5.56. The van der Waals surface area contributed by atoms with Gasteiger partial charge in [-0.25, -0.2) is 0 Å². The quantitative estimate of drug-likeness (QED) is 0.484. The number of benzene rings is 2. The number of thioether (sulfide) groups is 1. The van der Waals surface area contributed by atoms with E-state index in [9.17, 15) is 4.79 Å². The molecule has 3 heterocycles. The van der Waals surface area contributed by atoms with Crippen molar-refractivity contribution in [1.29, 1.82) is 0 Å². The first-order valence-corrected chi connectivity index (χ1v) is 11.6.